The SMILES string of the molecule is CCC(=O)N(Cc1nc2ccccc2[nH]1)C1CCS(=O)(=O)C1. The summed E-state index contributed by atoms with van der Waals surface area (Å²) in [4.78, 5) is 21.5. The molecule has 0 bridgehead atoms. The summed E-state index contributed by atoms with van der Waals surface area (Å²) in [5.41, 5.74) is 1.76. The largest absolute Gasteiger partial charge is 0.340 e. The number of sulfone groups is 1. The number of hydrogen-bond acceptors (Lipinski definition) is 4. The molecule has 1 aliphatic heterocycles. The Morgan fingerprint density at radius 2 is 2.18 bits per heavy atom. The van der Waals surface area contributed by atoms with Crippen LogP contribution < -0.4 is 0 Å². The predicted octanol–water partition coefficient (Wildman–Crippen LogP) is 1.49. The summed E-state index contributed by atoms with van der Waals surface area (Å²) < 4.78 is 23.4. The second-order valence-electron chi connectivity index (χ2n) is 5.63. The number of aromatic nitrogens is 2. The molecular weight excluding hydrogens is 302 g/mol. The first-order valence-corrected chi connectivity index (χ1v) is 9.24. The standard InChI is InChI=1S/C15H19N3O3S/c1-2-15(19)18(11-7-8-22(20,21)10-11)9-14-16-12-5-3-4-6-13(12)17-14/h3-6,11H,2,7-10H2,1H3,(H,16,17). The first-order valence-electron chi connectivity index (χ1n) is 7.42. The Kier molecular flexibility index (Phi) is 3.90. The molecule has 2 aromatic rings. The highest BCUT2D eigenvalue weighted by Crippen LogP contribution is 2.21. The zero-order valence-corrected chi connectivity index (χ0v) is 13.3. The van der Waals surface area contributed by atoms with E-state index < -0.39 is 9.84 Å². The van der Waals surface area contributed by atoms with Crippen molar-refractivity contribution in [2.75, 3.05) is 11.5 Å². The Morgan fingerprint density at radius 3 is 2.82 bits per heavy atom. The van der Waals surface area contributed by atoms with Crippen molar-refractivity contribution in [2.24, 2.45) is 0 Å². The highest BCUT2D eigenvalue weighted by molar-refractivity contribution is 7.91. The molecule has 1 amide bonds. The van der Waals surface area contributed by atoms with E-state index in [9.17, 15) is 13.2 Å². The molecule has 1 fully saturated rings. The minimum atomic E-state index is -3.02. The van der Waals surface area contributed by atoms with Crippen LogP contribution in [0, 0.1) is 0 Å². The van der Waals surface area contributed by atoms with Crippen LogP contribution in [0.15, 0.2) is 24.3 Å². The number of imidazole rings is 1. The van der Waals surface area contributed by atoms with Crippen LogP contribution in [0.25, 0.3) is 11.0 Å². The first-order chi connectivity index (χ1) is 10.5. The van der Waals surface area contributed by atoms with Crippen LogP contribution in [0.5, 0.6) is 0 Å². The molecule has 1 unspecified atom stereocenters. The van der Waals surface area contributed by atoms with Crippen LogP contribution >= 0.6 is 0 Å². The lowest BCUT2D eigenvalue weighted by atomic mass is 10.2. The fourth-order valence-electron chi connectivity index (χ4n) is 2.89. The topological polar surface area (TPSA) is 83.1 Å². The molecule has 7 heteroatoms. The second-order valence-corrected chi connectivity index (χ2v) is 7.86. The van der Waals surface area contributed by atoms with Gasteiger partial charge < -0.3 is 9.88 Å². The monoisotopic (exact) mass is 321 g/mol. The number of amides is 1. The lowest BCUT2D eigenvalue weighted by molar-refractivity contribution is -0.133. The smallest absolute Gasteiger partial charge is 0.222 e. The Balaban J connectivity index is 1.85. The second kappa shape index (κ2) is 5.72. The number of hydrogen-bond donors (Lipinski definition) is 1. The zero-order valence-electron chi connectivity index (χ0n) is 12.4. The fourth-order valence-corrected chi connectivity index (χ4v) is 4.62. The average molecular weight is 321 g/mol. The quantitative estimate of drug-likeness (QED) is 0.925. The third kappa shape index (κ3) is 2.99. The minimum Gasteiger partial charge on any atom is -0.340 e. The summed E-state index contributed by atoms with van der Waals surface area (Å²) in [6.45, 7) is 2.11. The van der Waals surface area contributed by atoms with Gasteiger partial charge in [-0.1, -0.05) is 19.1 Å². The lowest BCUT2D eigenvalue weighted by Gasteiger charge is -2.27. The van der Waals surface area contributed by atoms with Crippen LogP contribution in [0.1, 0.15) is 25.6 Å². The summed E-state index contributed by atoms with van der Waals surface area (Å²) in [6, 6.07) is 7.42. The molecule has 118 valence electrons. The van der Waals surface area contributed by atoms with Crippen LogP contribution in [0.3, 0.4) is 0 Å². The zero-order chi connectivity index (χ0) is 15.7. The van der Waals surface area contributed by atoms with Crippen LogP contribution in [-0.2, 0) is 21.2 Å². The number of H-pyrrole nitrogens is 1. The van der Waals surface area contributed by atoms with Gasteiger partial charge in [-0.15, -0.1) is 0 Å². The third-order valence-electron chi connectivity index (χ3n) is 4.03. The molecule has 3 rings (SSSR count). The Morgan fingerprint density at radius 1 is 1.41 bits per heavy atom. The van der Waals surface area contributed by atoms with Crippen molar-refractivity contribution in [1.82, 2.24) is 14.9 Å². The maximum Gasteiger partial charge on any atom is 0.222 e. The van der Waals surface area contributed by atoms with E-state index in [2.05, 4.69) is 9.97 Å². The Bertz CT molecular complexity index is 764. The van der Waals surface area contributed by atoms with Gasteiger partial charge in [0.15, 0.2) is 9.84 Å². The Labute approximate surface area is 129 Å². The van der Waals surface area contributed by atoms with Crippen LogP contribution in [0.4, 0.5) is 0 Å². The van der Waals surface area contributed by atoms with E-state index in [0.29, 0.717) is 25.2 Å². The summed E-state index contributed by atoms with van der Waals surface area (Å²) in [5.74, 6) is 0.861. The maximum absolute atomic E-state index is 12.2. The summed E-state index contributed by atoms with van der Waals surface area (Å²) in [6.07, 6.45) is 0.866. The number of carbonyl (C=O) groups excluding carboxylic acids is 1. The van der Waals surface area contributed by atoms with Gasteiger partial charge >= 0.3 is 0 Å². The predicted molar refractivity (Wildman–Crippen MR) is 84.0 cm³/mol. The van der Waals surface area contributed by atoms with Gasteiger partial charge in [0.05, 0.1) is 29.1 Å². The van der Waals surface area contributed by atoms with Crippen molar-refractivity contribution in [3.63, 3.8) is 0 Å². The number of nitrogens with one attached hydrogen (secondary N) is 1. The van der Waals surface area contributed by atoms with Gasteiger partial charge in [-0.05, 0) is 18.6 Å². The van der Waals surface area contributed by atoms with Gasteiger partial charge in [-0.2, -0.15) is 0 Å². The molecule has 1 aromatic carbocycles. The van der Waals surface area contributed by atoms with E-state index in [1.54, 1.807) is 11.8 Å². The molecule has 1 N–H and O–H groups in total. The average Bonchev–Trinajstić information content (AvgIpc) is 3.06. The molecule has 0 aliphatic carbocycles. The maximum atomic E-state index is 12.2. The van der Waals surface area contributed by atoms with Gasteiger partial charge in [0.2, 0.25) is 5.91 Å². The van der Waals surface area contributed by atoms with Crippen LogP contribution in [-0.4, -0.2) is 46.7 Å². The molecule has 6 nitrogen and oxygen atoms in total. The van der Waals surface area contributed by atoms with E-state index in [-0.39, 0.29) is 23.5 Å². The van der Waals surface area contributed by atoms with Gasteiger partial charge in [0, 0.05) is 12.5 Å². The van der Waals surface area contributed by atoms with Crippen LogP contribution in [0.2, 0.25) is 0 Å². The van der Waals surface area contributed by atoms with E-state index in [4.69, 9.17) is 0 Å². The van der Waals surface area contributed by atoms with E-state index >= 15 is 0 Å². The number of rotatable bonds is 4. The number of carbonyl (C=O) groups is 1. The van der Waals surface area contributed by atoms with Gasteiger partial charge in [0.1, 0.15) is 5.82 Å². The highest BCUT2D eigenvalue weighted by atomic mass is 32.2. The van der Waals surface area contributed by atoms with Crippen molar-refractivity contribution >= 4 is 26.8 Å². The normalized spacial score (nSPS) is 20.3. The van der Waals surface area contributed by atoms with E-state index in [0.717, 1.165) is 11.0 Å². The number of fused-ring (bicyclic) bond motifs is 1. The van der Waals surface area contributed by atoms with Crippen molar-refractivity contribution in [3.05, 3.63) is 30.1 Å². The third-order valence-corrected chi connectivity index (χ3v) is 5.78. The molecule has 0 radical (unpaired) electrons. The summed E-state index contributed by atoms with van der Waals surface area (Å²) in [5, 5.41) is 0. The van der Waals surface area contributed by atoms with Crippen molar-refractivity contribution in [3.8, 4) is 0 Å². The minimum absolute atomic E-state index is 0.0393. The first kappa shape index (κ1) is 15.0. The molecule has 1 aliphatic rings. The van der Waals surface area contributed by atoms with Gasteiger partial charge in [-0.25, -0.2) is 13.4 Å². The van der Waals surface area contributed by atoms with E-state index in [1.165, 1.54) is 0 Å². The van der Waals surface area contributed by atoms with Gasteiger partial charge in [0.25, 0.3) is 0 Å². The fraction of sp³-hybridized carbons (Fsp3) is 0.467. The number of nitrogens with zero attached hydrogens (tertiary/aromatic N) is 2. The molecule has 2 heterocycles. The molecule has 0 saturated carbocycles. The molecule has 22 heavy (non-hydrogen) atoms. The van der Waals surface area contributed by atoms with Gasteiger partial charge in [-0.3, -0.25) is 4.79 Å². The number of aromatic amines is 1. The lowest BCUT2D eigenvalue weighted by Crippen LogP contribution is -2.40. The summed E-state index contributed by atoms with van der Waals surface area (Å²) in [7, 11) is -3.02. The number of benzene rings is 1. The molecule has 1 atom stereocenters. The number of para-hydroxylation sites is 2. The summed E-state index contributed by atoms with van der Waals surface area (Å²) >= 11 is 0. The molecule has 0 spiro atoms. The molecule has 1 saturated heterocycles. The van der Waals surface area contributed by atoms with Crippen molar-refractivity contribution < 1.29 is 13.2 Å². The van der Waals surface area contributed by atoms with Crippen molar-refractivity contribution in [1.29, 1.82) is 0 Å². The van der Waals surface area contributed by atoms with Crippen molar-refractivity contribution in [2.45, 2.75) is 32.4 Å². The molecular formula is C15H19N3O3S. The van der Waals surface area contributed by atoms with E-state index in [1.807, 2.05) is 24.3 Å². The highest BCUT2D eigenvalue weighted by Gasteiger charge is 2.34. The molecule has 1 aromatic heterocycles. The Hall–Kier alpha value is -1.89.